The van der Waals surface area contributed by atoms with E-state index in [2.05, 4.69) is 15.9 Å². The fraction of sp³-hybridized carbons (Fsp3) is 0. The van der Waals surface area contributed by atoms with Gasteiger partial charge in [0, 0.05) is 9.86 Å². The smallest absolute Gasteiger partial charge is 0.258 e. The van der Waals surface area contributed by atoms with Crippen LogP contribution in [0.15, 0.2) is 34.8 Å². The normalized spacial score (nSPS) is 10.5. The number of hydrogen-bond acceptors (Lipinski definition) is 2. The fourth-order valence-corrected chi connectivity index (χ4v) is 3.27. The standard InChI is InChI=1S/C10H5BrINO2/c11-8-5-9(12)10(13(14)15)7-4-2-1-3-6(7)8/h1-5H. The molecule has 0 radical (unpaired) electrons. The first-order valence-electron chi connectivity index (χ1n) is 4.12. The molecule has 2 rings (SSSR count). The molecule has 0 aliphatic heterocycles. The minimum atomic E-state index is -0.337. The molecule has 0 saturated carbocycles. The number of nitro benzene ring substituents is 1. The van der Waals surface area contributed by atoms with Crippen LogP contribution < -0.4 is 0 Å². The summed E-state index contributed by atoms with van der Waals surface area (Å²) in [6.07, 6.45) is 0. The molecular weight excluding hydrogens is 373 g/mol. The van der Waals surface area contributed by atoms with Crippen LogP contribution >= 0.6 is 38.5 Å². The lowest BCUT2D eigenvalue weighted by Crippen LogP contribution is -1.93. The molecule has 5 heteroatoms. The van der Waals surface area contributed by atoms with Crippen molar-refractivity contribution >= 4 is 55.0 Å². The Hall–Kier alpha value is -0.690. The van der Waals surface area contributed by atoms with Crippen molar-refractivity contribution in [3.63, 3.8) is 0 Å². The summed E-state index contributed by atoms with van der Waals surface area (Å²) in [5.74, 6) is 0. The van der Waals surface area contributed by atoms with Crippen LogP contribution in [0.5, 0.6) is 0 Å². The Kier molecular flexibility index (Phi) is 2.92. The molecule has 0 aliphatic rings. The largest absolute Gasteiger partial charge is 0.290 e. The van der Waals surface area contributed by atoms with Crippen LogP contribution in [0.2, 0.25) is 0 Å². The highest BCUT2D eigenvalue weighted by Crippen LogP contribution is 2.35. The molecule has 15 heavy (non-hydrogen) atoms. The maximum Gasteiger partial charge on any atom is 0.290 e. The second-order valence-corrected chi connectivity index (χ2v) is 5.01. The topological polar surface area (TPSA) is 43.1 Å². The van der Waals surface area contributed by atoms with E-state index in [0.29, 0.717) is 8.96 Å². The van der Waals surface area contributed by atoms with Crippen molar-refractivity contribution in [3.05, 3.63) is 48.5 Å². The summed E-state index contributed by atoms with van der Waals surface area (Å²) in [6, 6.07) is 9.06. The number of nitro groups is 1. The lowest BCUT2D eigenvalue weighted by atomic mass is 10.1. The number of fused-ring (bicyclic) bond motifs is 1. The van der Waals surface area contributed by atoms with Crippen LogP contribution in [0.1, 0.15) is 0 Å². The molecular formula is C10H5BrINO2. The lowest BCUT2D eigenvalue weighted by molar-refractivity contribution is -0.384. The number of nitrogens with zero attached hydrogens (tertiary/aromatic N) is 1. The van der Waals surface area contributed by atoms with Gasteiger partial charge in [-0.25, -0.2) is 0 Å². The van der Waals surface area contributed by atoms with E-state index in [4.69, 9.17) is 0 Å². The van der Waals surface area contributed by atoms with Crippen molar-refractivity contribution in [2.75, 3.05) is 0 Å². The molecule has 0 aliphatic carbocycles. The average molecular weight is 378 g/mol. The zero-order valence-electron chi connectivity index (χ0n) is 7.41. The van der Waals surface area contributed by atoms with Crippen molar-refractivity contribution in [1.29, 1.82) is 0 Å². The Balaban J connectivity index is 2.96. The van der Waals surface area contributed by atoms with Gasteiger partial charge in [-0.1, -0.05) is 34.1 Å². The van der Waals surface area contributed by atoms with Crippen molar-refractivity contribution in [2.24, 2.45) is 0 Å². The van der Waals surface area contributed by atoms with Crippen LogP contribution in [0.25, 0.3) is 10.8 Å². The zero-order valence-corrected chi connectivity index (χ0v) is 11.1. The maximum absolute atomic E-state index is 10.9. The van der Waals surface area contributed by atoms with Crippen LogP contribution in [-0.2, 0) is 0 Å². The molecule has 2 aromatic rings. The van der Waals surface area contributed by atoms with Crippen molar-refractivity contribution in [3.8, 4) is 0 Å². The van der Waals surface area contributed by atoms with E-state index in [-0.39, 0.29) is 10.6 Å². The SMILES string of the molecule is O=[N+]([O-])c1c(I)cc(Br)c2ccccc12. The first kappa shape index (κ1) is 10.8. The highest BCUT2D eigenvalue weighted by Gasteiger charge is 2.18. The van der Waals surface area contributed by atoms with E-state index in [9.17, 15) is 10.1 Å². The summed E-state index contributed by atoms with van der Waals surface area (Å²) in [4.78, 5) is 10.6. The highest BCUT2D eigenvalue weighted by atomic mass is 127. The van der Waals surface area contributed by atoms with E-state index in [1.807, 2.05) is 34.7 Å². The second-order valence-electron chi connectivity index (χ2n) is 2.99. The predicted molar refractivity (Wildman–Crippen MR) is 71.0 cm³/mol. The van der Waals surface area contributed by atoms with Gasteiger partial charge in [0.25, 0.3) is 5.69 Å². The monoisotopic (exact) mass is 377 g/mol. The predicted octanol–water partition coefficient (Wildman–Crippen LogP) is 4.12. The van der Waals surface area contributed by atoms with Gasteiger partial charge in [0.1, 0.15) is 0 Å². The third kappa shape index (κ3) is 1.85. The molecule has 0 bridgehead atoms. The van der Waals surface area contributed by atoms with Crippen LogP contribution in [0.3, 0.4) is 0 Å². The van der Waals surface area contributed by atoms with Gasteiger partial charge in [-0.05, 0) is 34.7 Å². The van der Waals surface area contributed by atoms with Gasteiger partial charge in [-0.2, -0.15) is 0 Å². The van der Waals surface area contributed by atoms with Gasteiger partial charge in [-0.3, -0.25) is 10.1 Å². The molecule has 0 aromatic heterocycles. The lowest BCUT2D eigenvalue weighted by Gasteiger charge is -2.03. The van der Waals surface area contributed by atoms with Gasteiger partial charge in [-0.15, -0.1) is 0 Å². The fourth-order valence-electron chi connectivity index (χ4n) is 1.47. The second kappa shape index (κ2) is 4.05. The quantitative estimate of drug-likeness (QED) is 0.426. The summed E-state index contributed by atoms with van der Waals surface area (Å²) in [5, 5.41) is 12.5. The van der Waals surface area contributed by atoms with E-state index in [0.717, 1.165) is 9.86 Å². The Bertz CT molecular complexity index is 556. The van der Waals surface area contributed by atoms with Crippen molar-refractivity contribution in [1.82, 2.24) is 0 Å². The third-order valence-corrected chi connectivity index (χ3v) is 3.58. The summed E-state index contributed by atoms with van der Waals surface area (Å²) >= 11 is 5.38. The third-order valence-electron chi connectivity index (χ3n) is 2.10. The maximum atomic E-state index is 10.9. The molecule has 0 saturated heterocycles. The van der Waals surface area contributed by atoms with Crippen molar-refractivity contribution < 1.29 is 4.92 Å². The van der Waals surface area contributed by atoms with Crippen molar-refractivity contribution in [2.45, 2.75) is 0 Å². The molecule has 76 valence electrons. The van der Waals surface area contributed by atoms with Crippen LogP contribution in [0.4, 0.5) is 5.69 Å². The number of rotatable bonds is 1. The Morgan fingerprint density at radius 1 is 1.27 bits per heavy atom. The van der Waals surface area contributed by atoms with E-state index in [1.54, 1.807) is 18.2 Å². The van der Waals surface area contributed by atoms with Gasteiger partial charge < -0.3 is 0 Å². The Morgan fingerprint density at radius 3 is 2.47 bits per heavy atom. The van der Waals surface area contributed by atoms with Crippen LogP contribution in [-0.4, -0.2) is 4.92 Å². The average Bonchev–Trinajstić information content (AvgIpc) is 2.17. The Labute approximate surface area is 108 Å². The van der Waals surface area contributed by atoms with Gasteiger partial charge in [0.15, 0.2) is 0 Å². The summed E-state index contributed by atoms with van der Waals surface area (Å²) in [7, 11) is 0. The van der Waals surface area contributed by atoms with Gasteiger partial charge >= 0.3 is 0 Å². The van der Waals surface area contributed by atoms with E-state index in [1.165, 1.54) is 0 Å². The van der Waals surface area contributed by atoms with E-state index < -0.39 is 0 Å². The molecule has 2 aromatic carbocycles. The molecule has 0 unspecified atom stereocenters. The molecule has 0 spiro atoms. The Morgan fingerprint density at radius 2 is 1.87 bits per heavy atom. The molecule has 0 N–H and O–H groups in total. The number of halogens is 2. The molecule has 0 amide bonds. The van der Waals surface area contributed by atoms with E-state index >= 15 is 0 Å². The first-order valence-corrected chi connectivity index (χ1v) is 5.99. The highest BCUT2D eigenvalue weighted by molar-refractivity contribution is 14.1. The van der Waals surface area contributed by atoms with Crippen LogP contribution in [0, 0.1) is 13.7 Å². The first-order chi connectivity index (χ1) is 7.11. The molecule has 0 atom stereocenters. The number of benzene rings is 2. The molecule has 0 fully saturated rings. The molecule has 0 heterocycles. The summed E-state index contributed by atoms with van der Waals surface area (Å²) in [5.41, 5.74) is 0.175. The number of hydrogen-bond donors (Lipinski definition) is 0. The van der Waals surface area contributed by atoms with Gasteiger partial charge in [0.05, 0.1) is 13.9 Å². The summed E-state index contributed by atoms with van der Waals surface area (Å²) in [6.45, 7) is 0. The van der Waals surface area contributed by atoms with Gasteiger partial charge in [0.2, 0.25) is 0 Å². The minimum Gasteiger partial charge on any atom is -0.258 e. The minimum absolute atomic E-state index is 0.175. The summed E-state index contributed by atoms with van der Waals surface area (Å²) < 4.78 is 1.52. The molecule has 3 nitrogen and oxygen atoms in total. The zero-order chi connectivity index (χ0) is 11.0.